The summed E-state index contributed by atoms with van der Waals surface area (Å²) in [5.41, 5.74) is -0.265. The van der Waals surface area contributed by atoms with E-state index in [0.717, 1.165) is 36.8 Å². The van der Waals surface area contributed by atoms with Gasteiger partial charge in [-0.25, -0.2) is 17.6 Å². The van der Waals surface area contributed by atoms with Gasteiger partial charge < -0.3 is 4.74 Å². The van der Waals surface area contributed by atoms with Crippen LogP contribution in [0.2, 0.25) is 0 Å². The van der Waals surface area contributed by atoms with E-state index in [1.54, 1.807) is 0 Å². The van der Waals surface area contributed by atoms with Gasteiger partial charge in [0.2, 0.25) is 0 Å². The molecule has 1 aromatic heterocycles. The third-order valence-electron chi connectivity index (χ3n) is 2.23. The van der Waals surface area contributed by atoms with E-state index in [9.17, 15) is 17.6 Å². The summed E-state index contributed by atoms with van der Waals surface area (Å²) in [5, 5.41) is 3.61. The second kappa shape index (κ2) is 5.51. The first-order valence-electron chi connectivity index (χ1n) is 5.12. The topological polar surface area (TPSA) is 98.2 Å². The van der Waals surface area contributed by atoms with Crippen molar-refractivity contribution in [3.8, 4) is 0 Å². The first kappa shape index (κ1) is 14.3. The van der Waals surface area contributed by atoms with Gasteiger partial charge in [-0.1, -0.05) is 4.49 Å². The van der Waals surface area contributed by atoms with Crippen LogP contribution < -0.4 is 4.72 Å². The minimum Gasteiger partial charge on any atom is -0.465 e. The number of esters is 1. The highest BCUT2D eigenvalue weighted by Gasteiger charge is 2.24. The van der Waals surface area contributed by atoms with E-state index in [-0.39, 0.29) is 10.6 Å². The molecule has 0 unspecified atom stereocenters. The number of hydrogen-bond donors (Lipinski definition) is 1. The predicted molar refractivity (Wildman–Crippen MR) is 68.5 cm³/mol. The quantitative estimate of drug-likeness (QED) is 0.853. The Morgan fingerprint density at radius 3 is 2.80 bits per heavy atom. The molecule has 7 nitrogen and oxygen atoms in total. The molecular weight excluding hydrogens is 309 g/mol. The number of carbonyl (C=O) groups is 1. The highest BCUT2D eigenvalue weighted by Crippen LogP contribution is 2.22. The molecule has 0 aliphatic carbocycles. The fourth-order valence-electron chi connectivity index (χ4n) is 1.40. The first-order valence-corrected chi connectivity index (χ1v) is 7.38. The zero-order valence-electron chi connectivity index (χ0n) is 10.0. The molecule has 2 rings (SSSR count). The van der Waals surface area contributed by atoms with Gasteiger partial charge in [-0.2, -0.15) is 0 Å². The summed E-state index contributed by atoms with van der Waals surface area (Å²) in [5.74, 6) is -1.67. The standard InChI is InChI=1S/C10H8FN3O4S2/c1-18-10(15)7-3-2-6(11)4-8(7)20(16,17)13-9-5-12-14-19-9/h2-5,13H,1H3. The van der Waals surface area contributed by atoms with Crippen LogP contribution in [-0.2, 0) is 14.8 Å². The predicted octanol–water partition coefficient (Wildman–Crippen LogP) is 1.26. The molecular formula is C10H8FN3O4S2. The van der Waals surface area contributed by atoms with E-state index >= 15 is 0 Å². The van der Waals surface area contributed by atoms with Crippen LogP contribution >= 0.6 is 11.5 Å². The van der Waals surface area contributed by atoms with Crippen molar-refractivity contribution in [1.29, 1.82) is 0 Å². The van der Waals surface area contributed by atoms with Gasteiger partial charge in [-0.05, 0) is 18.2 Å². The van der Waals surface area contributed by atoms with Gasteiger partial charge in [-0.3, -0.25) is 4.72 Å². The number of anilines is 1. The SMILES string of the molecule is COC(=O)c1ccc(F)cc1S(=O)(=O)Nc1cnns1. The second-order valence-corrected chi connectivity index (χ2v) is 5.96. The minimum atomic E-state index is -4.15. The normalized spacial score (nSPS) is 11.1. The number of aromatic nitrogens is 2. The van der Waals surface area contributed by atoms with Crippen LogP contribution in [0.25, 0.3) is 0 Å². The van der Waals surface area contributed by atoms with E-state index in [1.165, 1.54) is 6.20 Å². The fourth-order valence-corrected chi connectivity index (χ4v) is 3.29. The smallest absolute Gasteiger partial charge is 0.339 e. The van der Waals surface area contributed by atoms with Crippen molar-refractivity contribution in [3.63, 3.8) is 0 Å². The zero-order chi connectivity index (χ0) is 14.8. The summed E-state index contributed by atoms with van der Waals surface area (Å²) in [4.78, 5) is 11.0. The summed E-state index contributed by atoms with van der Waals surface area (Å²) in [6.07, 6.45) is 1.19. The van der Waals surface area contributed by atoms with Gasteiger partial charge >= 0.3 is 5.97 Å². The maximum Gasteiger partial charge on any atom is 0.339 e. The summed E-state index contributed by atoms with van der Waals surface area (Å²) < 4.78 is 47.7. The Bertz CT molecular complexity index is 731. The van der Waals surface area contributed by atoms with Gasteiger partial charge in [-0.15, -0.1) is 5.10 Å². The number of sulfonamides is 1. The average molecular weight is 317 g/mol. The van der Waals surface area contributed by atoms with Crippen LogP contribution in [0.3, 0.4) is 0 Å². The molecule has 20 heavy (non-hydrogen) atoms. The second-order valence-electron chi connectivity index (χ2n) is 3.52. The number of methoxy groups -OCH3 is 1. The monoisotopic (exact) mass is 317 g/mol. The molecule has 0 aliphatic heterocycles. The Morgan fingerprint density at radius 1 is 1.45 bits per heavy atom. The van der Waals surface area contributed by atoms with Crippen LogP contribution in [0.4, 0.5) is 9.39 Å². The minimum absolute atomic E-state index is 0.144. The Kier molecular flexibility index (Phi) is 3.95. The third-order valence-corrected chi connectivity index (χ3v) is 4.35. The average Bonchev–Trinajstić information content (AvgIpc) is 2.90. The number of benzene rings is 1. The number of hydrogen-bond acceptors (Lipinski definition) is 7. The summed E-state index contributed by atoms with van der Waals surface area (Å²) in [6.45, 7) is 0. The van der Waals surface area contributed by atoms with E-state index in [4.69, 9.17) is 0 Å². The van der Waals surface area contributed by atoms with Crippen molar-refractivity contribution in [2.75, 3.05) is 11.8 Å². The largest absolute Gasteiger partial charge is 0.465 e. The van der Waals surface area contributed by atoms with Gasteiger partial charge in [0.15, 0.2) is 0 Å². The molecule has 1 heterocycles. The number of nitrogens with zero attached hydrogens (tertiary/aromatic N) is 2. The summed E-state index contributed by atoms with van der Waals surface area (Å²) in [6, 6.07) is 2.75. The van der Waals surface area contributed by atoms with Crippen molar-refractivity contribution >= 4 is 32.5 Å². The Balaban J connectivity index is 2.50. The van der Waals surface area contributed by atoms with Crippen LogP contribution in [0.5, 0.6) is 0 Å². The zero-order valence-corrected chi connectivity index (χ0v) is 11.7. The summed E-state index contributed by atoms with van der Waals surface area (Å²) in [7, 11) is -3.05. The van der Waals surface area contributed by atoms with Crippen molar-refractivity contribution in [1.82, 2.24) is 9.59 Å². The highest BCUT2D eigenvalue weighted by molar-refractivity contribution is 7.93. The van der Waals surface area contributed by atoms with Crippen molar-refractivity contribution in [2.24, 2.45) is 0 Å². The van der Waals surface area contributed by atoms with Crippen LogP contribution in [0, 0.1) is 5.82 Å². The van der Waals surface area contributed by atoms with Gasteiger partial charge in [0, 0.05) is 11.5 Å². The molecule has 0 fully saturated rings. The number of halogens is 1. The molecule has 0 spiro atoms. The Labute approximate surface area is 117 Å². The maximum absolute atomic E-state index is 13.3. The molecule has 0 amide bonds. The maximum atomic E-state index is 13.3. The van der Waals surface area contributed by atoms with Gasteiger partial charge in [0.25, 0.3) is 10.0 Å². The van der Waals surface area contributed by atoms with E-state index in [1.807, 2.05) is 0 Å². The number of ether oxygens (including phenoxy) is 1. The first-order chi connectivity index (χ1) is 9.44. The molecule has 0 aliphatic rings. The third kappa shape index (κ3) is 2.91. The lowest BCUT2D eigenvalue weighted by Crippen LogP contribution is -2.17. The fraction of sp³-hybridized carbons (Fsp3) is 0.100. The molecule has 0 saturated heterocycles. The van der Waals surface area contributed by atoms with Gasteiger partial charge in [0.1, 0.15) is 15.7 Å². The molecule has 0 saturated carbocycles. The highest BCUT2D eigenvalue weighted by atomic mass is 32.2. The van der Waals surface area contributed by atoms with E-state index in [0.29, 0.717) is 0 Å². The van der Waals surface area contributed by atoms with Crippen molar-refractivity contribution in [3.05, 3.63) is 35.8 Å². The Morgan fingerprint density at radius 2 is 2.20 bits per heavy atom. The molecule has 0 atom stereocenters. The molecule has 0 bridgehead atoms. The molecule has 1 aromatic carbocycles. The van der Waals surface area contributed by atoms with Gasteiger partial charge in [0.05, 0.1) is 18.9 Å². The number of nitrogens with one attached hydrogen (secondary N) is 1. The molecule has 0 radical (unpaired) electrons. The summed E-state index contributed by atoms with van der Waals surface area (Å²) >= 11 is 0.807. The Hall–Kier alpha value is -2.07. The molecule has 2 aromatic rings. The van der Waals surface area contributed by atoms with Crippen LogP contribution in [0.15, 0.2) is 29.3 Å². The molecule has 10 heteroatoms. The van der Waals surface area contributed by atoms with Crippen molar-refractivity contribution in [2.45, 2.75) is 4.90 Å². The number of carbonyl (C=O) groups excluding carboxylic acids is 1. The van der Waals surface area contributed by atoms with Crippen LogP contribution in [-0.4, -0.2) is 31.1 Å². The lowest BCUT2D eigenvalue weighted by Gasteiger charge is -2.09. The lowest BCUT2D eigenvalue weighted by atomic mass is 10.2. The van der Waals surface area contributed by atoms with Crippen molar-refractivity contribution < 1.29 is 22.3 Å². The lowest BCUT2D eigenvalue weighted by molar-refractivity contribution is 0.0596. The molecule has 106 valence electrons. The van der Waals surface area contributed by atoms with E-state index in [2.05, 4.69) is 19.0 Å². The van der Waals surface area contributed by atoms with Crippen LogP contribution in [0.1, 0.15) is 10.4 Å². The van der Waals surface area contributed by atoms with E-state index < -0.39 is 26.7 Å². The molecule has 1 N–H and O–H groups in total. The number of rotatable bonds is 4.